The summed E-state index contributed by atoms with van der Waals surface area (Å²) in [5.41, 5.74) is 1.16. The summed E-state index contributed by atoms with van der Waals surface area (Å²) >= 11 is 0. The monoisotopic (exact) mass is 295 g/mol. The molecule has 2 rings (SSSR count). The second-order valence-electron chi connectivity index (χ2n) is 5.88. The van der Waals surface area contributed by atoms with Crippen LogP contribution >= 0.6 is 0 Å². The molecule has 1 aliphatic rings. The fourth-order valence-electron chi connectivity index (χ4n) is 3.16. The number of ether oxygens (including phenoxy) is 2. The van der Waals surface area contributed by atoms with Gasteiger partial charge in [-0.25, -0.2) is 0 Å². The largest absolute Gasteiger partial charge is 0.493 e. The summed E-state index contributed by atoms with van der Waals surface area (Å²) < 4.78 is 13.1. The van der Waals surface area contributed by atoms with Crippen LogP contribution in [0.1, 0.15) is 51.3 Å². The lowest BCUT2D eigenvalue weighted by Crippen LogP contribution is -2.35. The molecule has 1 aromatic rings. The minimum absolute atomic E-state index is 0.306. The number of methoxy groups -OCH3 is 1. The van der Waals surface area contributed by atoms with Crippen LogP contribution in [-0.4, -0.2) is 36.1 Å². The summed E-state index contributed by atoms with van der Waals surface area (Å²) in [5, 5.41) is 7.99. The molecule has 1 aliphatic carbocycles. The number of nitrogens with one attached hydrogen (secondary N) is 1. The molecule has 5 heteroatoms. The van der Waals surface area contributed by atoms with Gasteiger partial charge in [-0.2, -0.15) is 5.10 Å². The molecule has 21 heavy (non-hydrogen) atoms. The van der Waals surface area contributed by atoms with E-state index in [1.807, 2.05) is 11.7 Å². The number of hydrogen-bond donors (Lipinski definition) is 1. The lowest BCUT2D eigenvalue weighted by molar-refractivity contribution is -0.0293. The van der Waals surface area contributed by atoms with Gasteiger partial charge in [0.15, 0.2) is 5.75 Å². The number of aryl methyl sites for hydroxylation is 1. The van der Waals surface area contributed by atoms with E-state index in [0.717, 1.165) is 43.4 Å². The molecule has 0 amide bonds. The van der Waals surface area contributed by atoms with Gasteiger partial charge in [-0.3, -0.25) is 4.68 Å². The van der Waals surface area contributed by atoms with Crippen LogP contribution in [0.25, 0.3) is 0 Å². The molecule has 1 N–H and O–H groups in total. The first kappa shape index (κ1) is 16.3. The van der Waals surface area contributed by atoms with Crippen LogP contribution in [0.5, 0.6) is 5.75 Å². The summed E-state index contributed by atoms with van der Waals surface area (Å²) in [7, 11) is 3.70. The van der Waals surface area contributed by atoms with Crippen LogP contribution in [-0.2, 0) is 11.8 Å². The van der Waals surface area contributed by atoms with Crippen molar-refractivity contribution in [2.24, 2.45) is 13.0 Å². The third-order valence-electron chi connectivity index (χ3n) is 4.30. The van der Waals surface area contributed by atoms with E-state index in [0.29, 0.717) is 12.1 Å². The molecular weight excluding hydrogens is 266 g/mol. The molecule has 1 atom stereocenters. The summed E-state index contributed by atoms with van der Waals surface area (Å²) in [6, 6.07) is 0.306. The van der Waals surface area contributed by atoms with Gasteiger partial charge in [0.2, 0.25) is 0 Å². The van der Waals surface area contributed by atoms with Crippen molar-refractivity contribution < 1.29 is 9.47 Å². The summed E-state index contributed by atoms with van der Waals surface area (Å²) in [6.45, 7) is 6.10. The Morgan fingerprint density at radius 1 is 1.43 bits per heavy atom. The van der Waals surface area contributed by atoms with Crippen molar-refractivity contribution >= 4 is 0 Å². The highest BCUT2D eigenvalue weighted by Gasteiger charge is 2.33. The van der Waals surface area contributed by atoms with Gasteiger partial charge in [0.25, 0.3) is 0 Å². The van der Waals surface area contributed by atoms with E-state index in [-0.39, 0.29) is 0 Å². The normalized spacial score (nSPS) is 22.9. The van der Waals surface area contributed by atoms with Gasteiger partial charge in [-0.05, 0) is 45.1 Å². The maximum absolute atomic E-state index is 5.67. The average molecular weight is 295 g/mol. The maximum Gasteiger partial charge on any atom is 0.161 e. The Balaban J connectivity index is 1.99. The highest BCUT2D eigenvalue weighted by Crippen LogP contribution is 2.38. The second kappa shape index (κ2) is 7.80. The van der Waals surface area contributed by atoms with Gasteiger partial charge in [-0.15, -0.1) is 0 Å². The summed E-state index contributed by atoms with van der Waals surface area (Å²) in [6.07, 6.45) is 6.89. The van der Waals surface area contributed by atoms with Crippen LogP contribution < -0.4 is 10.1 Å². The molecule has 1 heterocycles. The number of hydrogen-bond acceptors (Lipinski definition) is 4. The van der Waals surface area contributed by atoms with Gasteiger partial charge in [0.05, 0.1) is 31.1 Å². The molecule has 0 radical (unpaired) electrons. The number of rotatable bonds is 9. The molecule has 1 aromatic heterocycles. The van der Waals surface area contributed by atoms with Crippen molar-refractivity contribution in [2.75, 3.05) is 20.3 Å². The summed E-state index contributed by atoms with van der Waals surface area (Å²) in [5.74, 6) is 1.61. The Morgan fingerprint density at radius 2 is 2.19 bits per heavy atom. The third-order valence-corrected chi connectivity index (χ3v) is 4.30. The van der Waals surface area contributed by atoms with E-state index in [1.165, 1.54) is 12.8 Å². The molecular formula is C16H29N3O2. The smallest absolute Gasteiger partial charge is 0.161 e. The molecule has 0 aliphatic heterocycles. The minimum Gasteiger partial charge on any atom is -0.493 e. The Hall–Kier alpha value is -1.07. The molecule has 0 spiro atoms. The highest BCUT2D eigenvalue weighted by atomic mass is 16.5. The van der Waals surface area contributed by atoms with Crippen LogP contribution in [0.2, 0.25) is 0 Å². The van der Waals surface area contributed by atoms with E-state index in [4.69, 9.17) is 9.47 Å². The van der Waals surface area contributed by atoms with Crippen LogP contribution in [0.4, 0.5) is 0 Å². The van der Waals surface area contributed by atoms with Crippen LogP contribution in [0.15, 0.2) is 6.20 Å². The van der Waals surface area contributed by atoms with E-state index < -0.39 is 0 Å². The molecule has 0 bridgehead atoms. The predicted octanol–water partition coefficient (Wildman–Crippen LogP) is 2.67. The first-order valence-electron chi connectivity index (χ1n) is 8.10. The molecule has 0 saturated heterocycles. The van der Waals surface area contributed by atoms with E-state index in [1.54, 1.807) is 13.3 Å². The molecule has 0 aromatic carbocycles. The van der Waals surface area contributed by atoms with Crippen molar-refractivity contribution in [3.05, 3.63) is 11.9 Å². The highest BCUT2D eigenvalue weighted by molar-refractivity contribution is 5.28. The van der Waals surface area contributed by atoms with Gasteiger partial charge in [-0.1, -0.05) is 6.92 Å². The zero-order valence-electron chi connectivity index (χ0n) is 13.8. The SMILES string of the molecule is CCCNC(CC1CC(OCC)C1)c1c(OC)cnn1C. The first-order valence-corrected chi connectivity index (χ1v) is 8.10. The first-order chi connectivity index (χ1) is 10.2. The predicted molar refractivity (Wildman–Crippen MR) is 83.5 cm³/mol. The Morgan fingerprint density at radius 3 is 2.81 bits per heavy atom. The fourth-order valence-corrected chi connectivity index (χ4v) is 3.16. The van der Waals surface area contributed by atoms with Crippen molar-refractivity contribution in [2.45, 2.75) is 51.7 Å². The molecule has 1 fully saturated rings. The van der Waals surface area contributed by atoms with Crippen LogP contribution in [0, 0.1) is 5.92 Å². The van der Waals surface area contributed by atoms with Crippen molar-refractivity contribution in [3.8, 4) is 5.75 Å². The van der Waals surface area contributed by atoms with Gasteiger partial charge >= 0.3 is 0 Å². The van der Waals surface area contributed by atoms with Crippen LogP contribution in [0.3, 0.4) is 0 Å². The second-order valence-corrected chi connectivity index (χ2v) is 5.88. The van der Waals surface area contributed by atoms with Gasteiger partial charge in [0, 0.05) is 13.7 Å². The van der Waals surface area contributed by atoms with Gasteiger partial charge < -0.3 is 14.8 Å². The van der Waals surface area contributed by atoms with E-state index in [9.17, 15) is 0 Å². The minimum atomic E-state index is 0.306. The lowest BCUT2D eigenvalue weighted by atomic mass is 9.77. The average Bonchev–Trinajstić information content (AvgIpc) is 2.81. The third kappa shape index (κ3) is 3.98. The van der Waals surface area contributed by atoms with E-state index in [2.05, 4.69) is 24.3 Å². The summed E-state index contributed by atoms with van der Waals surface area (Å²) in [4.78, 5) is 0. The standard InChI is InChI=1S/C16H29N3O2/c1-5-7-17-14(10-12-8-13(9-12)21-6-2)16-15(20-4)11-18-19(16)3/h11-14,17H,5-10H2,1-4H3. The quantitative estimate of drug-likeness (QED) is 0.761. The molecule has 1 unspecified atom stereocenters. The molecule has 1 saturated carbocycles. The maximum atomic E-state index is 5.67. The van der Waals surface area contributed by atoms with Crippen molar-refractivity contribution in [1.82, 2.24) is 15.1 Å². The Kier molecular flexibility index (Phi) is 6.06. The van der Waals surface area contributed by atoms with E-state index >= 15 is 0 Å². The lowest BCUT2D eigenvalue weighted by Gasteiger charge is -2.37. The van der Waals surface area contributed by atoms with Crippen molar-refractivity contribution in [3.63, 3.8) is 0 Å². The molecule has 120 valence electrons. The molecule has 5 nitrogen and oxygen atoms in total. The number of aromatic nitrogens is 2. The van der Waals surface area contributed by atoms with Crippen molar-refractivity contribution in [1.29, 1.82) is 0 Å². The fraction of sp³-hybridized carbons (Fsp3) is 0.812. The topological polar surface area (TPSA) is 48.3 Å². The zero-order chi connectivity index (χ0) is 15.2. The zero-order valence-corrected chi connectivity index (χ0v) is 13.8. The Bertz CT molecular complexity index is 427. The van der Waals surface area contributed by atoms with Gasteiger partial charge in [0.1, 0.15) is 0 Å². The Labute approximate surface area is 128 Å². The number of nitrogens with zero attached hydrogens (tertiary/aromatic N) is 2.